The van der Waals surface area contributed by atoms with Gasteiger partial charge in [0.25, 0.3) is 0 Å². The van der Waals surface area contributed by atoms with E-state index in [0.717, 1.165) is 5.30 Å². The summed E-state index contributed by atoms with van der Waals surface area (Å²) in [6.45, 7) is 0. The van der Waals surface area contributed by atoms with Crippen LogP contribution in [0.2, 0.25) is 0 Å². The lowest BCUT2D eigenvalue weighted by atomic mass is 10.3. The van der Waals surface area contributed by atoms with E-state index in [1.807, 2.05) is 48.5 Å². The molecule has 0 heterocycles. The molecule has 0 aliphatic carbocycles. The first-order chi connectivity index (χ1) is 11.2. The topological polar surface area (TPSA) is 49.4 Å². The van der Waals surface area contributed by atoms with Gasteiger partial charge in [0.05, 0.1) is 0 Å². The van der Waals surface area contributed by atoms with Gasteiger partial charge in [0, 0.05) is 0 Å². The van der Waals surface area contributed by atoms with E-state index in [0.29, 0.717) is 5.75 Å². The highest BCUT2D eigenvalue weighted by atomic mass is 32.2. The molecule has 116 valence electrons. The molecular formula is C18H14O3PS-. The van der Waals surface area contributed by atoms with Crippen LogP contribution in [0.3, 0.4) is 0 Å². The Kier molecular flexibility index (Phi) is 5.19. The van der Waals surface area contributed by atoms with Gasteiger partial charge in [0.15, 0.2) is 0 Å². The number of hydrogen-bond donors (Lipinski definition) is 0. The average Bonchev–Trinajstić information content (AvgIpc) is 2.57. The van der Waals surface area contributed by atoms with Gasteiger partial charge in [-0.3, -0.25) is 0 Å². The summed E-state index contributed by atoms with van der Waals surface area (Å²) in [6.07, 6.45) is 0. The molecular weight excluding hydrogens is 327 g/mol. The summed E-state index contributed by atoms with van der Waals surface area (Å²) in [5, 5.41) is 3.45. The normalized spacial score (nSPS) is 12.1. The van der Waals surface area contributed by atoms with Crippen LogP contribution in [-0.4, -0.2) is 8.76 Å². The van der Waals surface area contributed by atoms with Crippen molar-refractivity contribution in [2.75, 3.05) is 0 Å². The molecule has 5 heteroatoms. The quantitative estimate of drug-likeness (QED) is 0.529. The van der Waals surface area contributed by atoms with Crippen molar-refractivity contribution in [3.8, 4) is 5.75 Å². The highest BCUT2D eigenvalue weighted by Gasteiger charge is 2.16. The molecule has 0 fully saturated rings. The molecule has 0 spiro atoms. The summed E-state index contributed by atoms with van der Waals surface area (Å²) in [7, 11) is -0.768. The highest BCUT2D eigenvalue weighted by Crippen LogP contribution is 2.33. The largest absolute Gasteiger partial charge is 0.740 e. The molecule has 23 heavy (non-hydrogen) atoms. The second-order valence-corrected chi connectivity index (χ2v) is 7.59. The molecule has 0 aliphatic heterocycles. The van der Waals surface area contributed by atoms with Crippen LogP contribution in [0.5, 0.6) is 5.75 Å². The van der Waals surface area contributed by atoms with Crippen LogP contribution in [0.15, 0.2) is 84.9 Å². The van der Waals surface area contributed by atoms with Gasteiger partial charge >= 0.3 is 0 Å². The predicted molar refractivity (Wildman–Crippen MR) is 94.7 cm³/mol. The monoisotopic (exact) mass is 341 g/mol. The Morgan fingerprint density at radius 2 is 1.26 bits per heavy atom. The average molecular weight is 341 g/mol. The van der Waals surface area contributed by atoms with Gasteiger partial charge in [0.2, 0.25) is 0 Å². The first-order valence-electron chi connectivity index (χ1n) is 7.02. The van der Waals surface area contributed by atoms with E-state index in [2.05, 4.69) is 24.3 Å². The lowest BCUT2D eigenvalue weighted by Gasteiger charge is -2.20. The van der Waals surface area contributed by atoms with Crippen LogP contribution in [0.25, 0.3) is 0 Å². The van der Waals surface area contributed by atoms with Gasteiger partial charge < -0.3 is 8.74 Å². The van der Waals surface area contributed by atoms with Crippen molar-refractivity contribution in [1.29, 1.82) is 0 Å². The molecule has 1 atom stereocenters. The van der Waals surface area contributed by atoms with Crippen molar-refractivity contribution in [1.82, 2.24) is 0 Å². The van der Waals surface area contributed by atoms with E-state index in [1.165, 1.54) is 10.6 Å². The fraction of sp³-hybridized carbons (Fsp3) is 0. The van der Waals surface area contributed by atoms with Gasteiger partial charge in [0.1, 0.15) is 17.1 Å². The van der Waals surface area contributed by atoms with Crippen LogP contribution in [0, 0.1) is 0 Å². The minimum Gasteiger partial charge on any atom is -0.740 e. The third kappa shape index (κ3) is 4.05. The minimum absolute atomic E-state index is 0.329. The second kappa shape index (κ2) is 7.51. The second-order valence-electron chi connectivity index (χ2n) is 4.79. The Bertz CT molecular complexity index is 754. The fourth-order valence-corrected chi connectivity index (χ4v) is 4.94. The molecule has 0 amide bonds. The molecule has 3 aromatic carbocycles. The summed E-state index contributed by atoms with van der Waals surface area (Å²) in [5.41, 5.74) is 0. The Hall–Kier alpha value is -2.00. The van der Waals surface area contributed by atoms with Crippen LogP contribution < -0.4 is 20.1 Å². The molecule has 1 unspecified atom stereocenters. The number of hydrogen-bond acceptors (Lipinski definition) is 3. The minimum atomic E-state index is -2.57. The van der Waals surface area contributed by atoms with Gasteiger partial charge in [-0.05, 0) is 36.0 Å². The van der Waals surface area contributed by atoms with Crippen molar-refractivity contribution in [3.63, 3.8) is 0 Å². The Balaban J connectivity index is 2.07. The molecule has 3 nitrogen and oxygen atoms in total. The first kappa shape index (κ1) is 15.9. The molecule has 3 rings (SSSR count). The summed E-state index contributed by atoms with van der Waals surface area (Å²) in [5.74, 6) is 0.329. The predicted octanol–water partition coefficient (Wildman–Crippen LogP) is 2.62. The molecule has 0 N–H and O–H groups in total. The van der Waals surface area contributed by atoms with E-state index >= 15 is 0 Å². The molecule has 0 saturated carbocycles. The van der Waals surface area contributed by atoms with Gasteiger partial charge in [-0.15, -0.1) is 0 Å². The maximum absolute atomic E-state index is 10.8. The van der Waals surface area contributed by atoms with Crippen LogP contribution in [0.1, 0.15) is 0 Å². The highest BCUT2D eigenvalue weighted by molar-refractivity contribution is 7.79. The third-order valence-corrected chi connectivity index (χ3v) is 6.02. The van der Waals surface area contributed by atoms with Crippen LogP contribution in [0.4, 0.5) is 0 Å². The summed E-state index contributed by atoms with van der Waals surface area (Å²) in [6, 6.07) is 27.7. The van der Waals surface area contributed by atoms with Crippen molar-refractivity contribution >= 4 is 35.2 Å². The van der Waals surface area contributed by atoms with Crippen molar-refractivity contribution in [3.05, 3.63) is 84.9 Å². The lowest BCUT2D eigenvalue weighted by molar-refractivity contribution is 0.440. The maximum Gasteiger partial charge on any atom is 0.139 e. The third-order valence-electron chi connectivity index (χ3n) is 3.27. The van der Waals surface area contributed by atoms with E-state index in [4.69, 9.17) is 4.18 Å². The lowest BCUT2D eigenvalue weighted by Crippen LogP contribution is -2.20. The van der Waals surface area contributed by atoms with Crippen LogP contribution in [-0.2, 0) is 11.4 Å². The molecule has 3 aromatic rings. The molecule has 0 bridgehead atoms. The molecule has 0 aromatic heterocycles. The first-order valence-corrected chi connectivity index (χ1v) is 9.36. The van der Waals surface area contributed by atoms with Gasteiger partial charge in [-0.2, -0.15) is 0 Å². The Morgan fingerprint density at radius 3 is 1.78 bits per heavy atom. The summed E-state index contributed by atoms with van der Waals surface area (Å²) < 4.78 is 26.3. The molecule has 0 aliphatic rings. The van der Waals surface area contributed by atoms with Crippen molar-refractivity contribution in [2.24, 2.45) is 0 Å². The standard InChI is InChI=1S/C18H15O3PS/c19-23(20)21-15-8-7-13-18(14-15)22(16-9-3-1-4-10-16)17-11-5-2-6-12-17/h1-14H,(H,19,20)/p-1. The molecule has 0 radical (unpaired) electrons. The van der Waals surface area contributed by atoms with E-state index in [9.17, 15) is 8.76 Å². The zero-order valence-corrected chi connectivity index (χ0v) is 13.9. The zero-order chi connectivity index (χ0) is 16.1. The van der Waals surface area contributed by atoms with E-state index < -0.39 is 19.3 Å². The summed E-state index contributed by atoms with van der Waals surface area (Å²) >= 11 is -2.57. The Labute approximate surface area is 139 Å². The SMILES string of the molecule is O=S([O-])Oc1cccc(P(c2ccccc2)c2ccccc2)c1. The van der Waals surface area contributed by atoms with Crippen molar-refractivity contribution in [2.45, 2.75) is 0 Å². The van der Waals surface area contributed by atoms with Gasteiger partial charge in [-0.25, -0.2) is 4.21 Å². The maximum atomic E-state index is 10.8. The summed E-state index contributed by atoms with van der Waals surface area (Å²) in [4.78, 5) is 0. The number of rotatable bonds is 5. The fourth-order valence-electron chi connectivity index (χ4n) is 2.35. The van der Waals surface area contributed by atoms with Crippen molar-refractivity contribution < 1.29 is 12.9 Å². The smallest absolute Gasteiger partial charge is 0.139 e. The molecule has 0 saturated heterocycles. The Morgan fingerprint density at radius 1 is 0.739 bits per heavy atom. The van der Waals surface area contributed by atoms with E-state index in [-0.39, 0.29) is 0 Å². The zero-order valence-electron chi connectivity index (χ0n) is 12.2. The van der Waals surface area contributed by atoms with Gasteiger partial charge in [-0.1, -0.05) is 72.8 Å². The van der Waals surface area contributed by atoms with E-state index in [1.54, 1.807) is 12.1 Å². The van der Waals surface area contributed by atoms with Crippen LogP contribution >= 0.6 is 7.92 Å². The number of benzene rings is 3.